The number of amides is 3. The van der Waals surface area contributed by atoms with Gasteiger partial charge in [0.25, 0.3) is 0 Å². The van der Waals surface area contributed by atoms with Gasteiger partial charge in [0.2, 0.25) is 5.91 Å². The van der Waals surface area contributed by atoms with Gasteiger partial charge in [-0.2, -0.15) is 0 Å². The molecule has 8 nitrogen and oxygen atoms in total. The first-order valence-corrected chi connectivity index (χ1v) is 5.99. The number of hydrogen-bond acceptors (Lipinski definition) is 5. The fraction of sp³-hybridized carbons (Fsp3) is 0.308. The van der Waals surface area contributed by atoms with Crippen molar-refractivity contribution in [1.82, 2.24) is 15.5 Å². The highest BCUT2D eigenvalue weighted by molar-refractivity contribution is 5.95. The van der Waals surface area contributed by atoms with E-state index in [-0.39, 0.29) is 26.2 Å². The highest BCUT2D eigenvalue weighted by atomic mass is 16.4. The van der Waals surface area contributed by atoms with E-state index >= 15 is 0 Å². The molecule has 3 amide bonds. The highest BCUT2D eigenvalue weighted by Gasteiger charge is 2.15. The highest BCUT2D eigenvalue weighted by Crippen LogP contribution is 1.98. The molecule has 1 aromatic heterocycles. The molecule has 1 heterocycles. The molecule has 0 radical (unpaired) electrons. The Morgan fingerprint density at radius 3 is 2.71 bits per heavy atom. The first-order chi connectivity index (χ1) is 10.0. The summed E-state index contributed by atoms with van der Waals surface area (Å²) in [7, 11) is 0. The molecule has 0 saturated carbocycles. The van der Waals surface area contributed by atoms with E-state index < -0.39 is 17.9 Å². The molecular weight excluding hydrogens is 278 g/mol. The summed E-state index contributed by atoms with van der Waals surface area (Å²) in [4.78, 5) is 34.8. The Bertz CT molecular complexity index is 533. The van der Waals surface area contributed by atoms with Gasteiger partial charge >= 0.3 is 12.0 Å². The number of nitrogens with zero attached hydrogens (tertiary/aromatic N) is 1. The lowest BCUT2D eigenvalue weighted by atomic mass is 10.4. The van der Waals surface area contributed by atoms with Crippen LogP contribution in [0.15, 0.2) is 22.8 Å². The van der Waals surface area contributed by atoms with E-state index in [9.17, 15) is 14.4 Å². The van der Waals surface area contributed by atoms with Crippen LogP contribution in [0.4, 0.5) is 4.79 Å². The van der Waals surface area contributed by atoms with Crippen molar-refractivity contribution in [2.24, 2.45) is 0 Å². The van der Waals surface area contributed by atoms with Crippen LogP contribution in [-0.2, 0) is 16.1 Å². The summed E-state index contributed by atoms with van der Waals surface area (Å²) in [6, 6.07) is 2.64. The van der Waals surface area contributed by atoms with E-state index in [2.05, 4.69) is 16.6 Å². The summed E-state index contributed by atoms with van der Waals surface area (Å²) < 4.78 is 5.01. The van der Waals surface area contributed by atoms with Gasteiger partial charge in [-0.3, -0.25) is 19.8 Å². The fourth-order valence-electron chi connectivity index (χ4n) is 1.48. The molecule has 112 valence electrons. The minimum absolute atomic E-state index is 0.00622. The number of urea groups is 1. The minimum Gasteiger partial charge on any atom is -0.480 e. The van der Waals surface area contributed by atoms with Crippen molar-refractivity contribution in [1.29, 1.82) is 0 Å². The average Bonchev–Trinajstić information content (AvgIpc) is 2.88. The summed E-state index contributed by atoms with van der Waals surface area (Å²) >= 11 is 0. The molecule has 0 fully saturated rings. The number of terminal acetylenes is 1. The number of rotatable bonds is 7. The number of carboxylic acids is 1. The van der Waals surface area contributed by atoms with Crippen LogP contribution >= 0.6 is 0 Å². The van der Waals surface area contributed by atoms with Crippen molar-refractivity contribution in [2.75, 3.05) is 19.6 Å². The van der Waals surface area contributed by atoms with Crippen molar-refractivity contribution in [2.45, 2.75) is 6.54 Å². The van der Waals surface area contributed by atoms with E-state index in [4.69, 9.17) is 15.9 Å². The lowest BCUT2D eigenvalue weighted by molar-refractivity contribution is -0.138. The monoisotopic (exact) mass is 293 g/mol. The SMILES string of the molecule is C#CCN(CC(=O)O)CC(=O)NC(=O)NCc1ccco1. The second kappa shape index (κ2) is 8.39. The second-order valence-corrected chi connectivity index (χ2v) is 4.05. The summed E-state index contributed by atoms with van der Waals surface area (Å²) in [5, 5.41) is 13.2. The fourth-order valence-corrected chi connectivity index (χ4v) is 1.48. The van der Waals surface area contributed by atoms with Crippen LogP contribution in [0.5, 0.6) is 0 Å². The van der Waals surface area contributed by atoms with Crippen LogP contribution in [0.3, 0.4) is 0 Å². The van der Waals surface area contributed by atoms with Gasteiger partial charge in [-0.05, 0) is 12.1 Å². The van der Waals surface area contributed by atoms with Crippen LogP contribution < -0.4 is 10.6 Å². The third-order valence-electron chi connectivity index (χ3n) is 2.30. The molecule has 0 aromatic carbocycles. The largest absolute Gasteiger partial charge is 0.480 e. The van der Waals surface area contributed by atoms with Gasteiger partial charge in [0, 0.05) is 0 Å². The Kier molecular flexibility index (Phi) is 6.50. The Hall–Kier alpha value is -2.79. The first-order valence-electron chi connectivity index (χ1n) is 5.99. The van der Waals surface area contributed by atoms with Crippen molar-refractivity contribution >= 4 is 17.9 Å². The van der Waals surface area contributed by atoms with Crippen molar-refractivity contribution < 1.29 is 23.9 Å². The molecule has 0 aliphatic carbocycles. The molecule has 0 atom stereocenters. The number of furan rings is 1. The summed E-state index contributed by atoms with van der Waals surface area (Å²) in [5.41, 5.74) is 0. The molecule has 21 heavy (non-hydrogen) atoms. The molecule has 0 aliphatic rings. The lowest BCUT2D eigenvalue weighted by Crippen LogP contribution is -2.45. The molecule has 8 heteroatoms. The smallest absolute Gasteiger partial charge is 0.321 e. The number of carboxylic acid groups (broad SMARTS) is 1. The van der Waals surface area contributed by atoms with Crippen LogP contribution in [-0.4, -0.2) is 47.5 Å². The molecule has 1 rings (SSSR count). The quantitative estimate of drug-likeness (QED) is 0.591. The molecule has 0 saturated heterocycles. The van der Waals surface area contributed by atoms with Crippen LogP contribution in [0.2, 0.25) is 0 Å². The molecule has 0 bridgehead atoms. The zero-order chi connectivity index (χ0) is 15.7. The van der Waals surface area contributed by atoms with Crippen molar-refractivity contribution in [3.8, 4) is 12.3 Å². The van der Waals surface area contributed by atoms with Crippen molar-refractivity contribution in [3.63, 3.8) is 0 Å². The number of carbonyl (C=O) groups excluding carboxylic acids is 2. The number of aliphatic carboxylic acids is 1. The van der Waals surface area contributed by atoms with Gasteiger partial charge in [-0.1, -0.05) is 5.92 Å². The number of carbonyl (C=O) groups is 3. The standard InChI is InChI=1S/C13H15N3O5/c1-2-5-16(9-12(18)19)8-11(17)15-13(20)14-7-10-4-3-6-21-10/h1,3-4,6H,5,7-9H2,(H,18,19)(H2,14,15,17,20). The van der Waals surface area contributed by atoms with Gasteiger partial charge in [0.05, 0.1) is 32.4 Å². The molecule has 0 aliphatic heterocycles. The number of nitrogens with one attached hydrogen (secondary N) is 2. The van der Waals surface area contributed by atoms with E-state index in [1.54, 1.807) is 12.1 Å². The maximum Gasteiger partial charge on any atom is 0.321 e. The summed E-state index contributed by atoms with van der Waals surface area (Å²) in [6.07, 6.45) is 6.54. The van der Waals surface area contributed by atoms with E-state index in [0.29, 0.717) is 5.76 Å². The topological polar surface area (TPSA) is 112 Å². The van der Waals surface area contributed by atoms with Crippen molar-refractivity contribution in [3.05, 3.63) is 24.2 Å². The predicted octanol–water partition coefficient (Wildman–Crippen LogP) is -0.375. The van der Waals surface area contributed by atoms with E-state index in [0.717, 1.165) is 0 Å². The third kappa shape index (κ3) is 6.79. The van der Waals surface area contributed by atoms with E-state index in [1.165, 1.54) is 11.2 Å². The number of hydrogen-bond donors (Lipinski definition) is 3. The zero-order valence-corrected chi connectivity index (χ0v) is 11.2. The molecule has 0 unspecified atom stereocenters. The Morgan fingerprint density at radius 1 is 1.38 bits per heavy atom. The minimum atomic E-state index is -1.11. The van der Waals surface area contributed by atoms with Gasteiger partial charge in [0.15, 0.2) is 0 Å². The predicted molar refractivity (Wildman–Crippen MR) is 72.0 cm³/mol. The van der Waals surface area contributed by atoms with Gasteiger partial charge in [0.1, 0.15) is 5.76 Å². The summed E-state index contributed by atoms with van der Waals surface area (Å²) in [5.74, 6) is 1.02. The average molecular weight is 293 g/mol. The van der Waals surface area contributed by atoms with E-state index in [1.807, 2.05) is 0 Å². The van der Waals surface area contributed by atoms with Gasteiger partial charge < -0.3 is 14.8 Å². The maximum absolute atomic E-state index is 11.6. The first kappa shape index (κ1) is 16.3. The van der Waals surface area contributed by atoms with Crippen LogP contribution in [0.1, 0.15) is 5.76 Å². The van der Waals surface area contributed by atoms with Gasteiger partial charge in [-0.15, -0.1) is 6.42 Å². The Balaban J connectivity index is 2.35. The normalized spacial score (nSPS) is 9.90. The molecule has 3 N–H and O–H groups in total. The Labute approximate surface area is 121 Å². The maximum atomic E-state index is 11.6. The Morgan fingerprint density at radius 2 is 2.14 bits per heavy atom. The molecular formula is C13H15N3O5. The molecule has 0 spiro atoms. The lowest BCUT2D eigenvalue weighted by Gasteiger charge is -2.16. The summed E-state index contributed by atoms with van der Waals surface area (Å²) in [6.45, 7) is -0.542. The second-order valence-electron chi connectivity index (χ2n) is 4.05. The van der Waals surface area contributed by atoms with Gasteiger partial charge in [-0.25, -0.2) is 4.79 Å². The molecule has 1 aromatic rings. The third-order valence-corrected chi connectivity index (χ3v) is 2.30. The zero-order valence-electron chi connectivity index (χ0n) is 11.2. The van der Waals surface area contributed by atoms with Crippen LogP contribution in [0.25, 0.3) is 0 Å². The van der Waals surface area contributed by atoms with Crippen LogP contribution in [0, 0.1) is 12.3 Å². The number of imide groups is 1.